The number of benzene rings is 3. The zero-order valence-corrected chi connectivity index (χ0v) is 19.6. The molecule has 5 N–H and O–H groups in total. The largest absolute Gasteiger partial charge is 0.478 e. The highest BCUT2D eigenvalue weighted by molar-refractivity contribution is 7.89. The summed E-state index contributed by atoms with van der Waals surface area (Å²) in [6.45, 7) is 0.294. The molecule has 10 heteroatoms. The van der Waals surface area contributed by atoms with E-state index in [-0.39, 0.29) is 10.5 Å². The summed E-state index contributed by atoms with van der Waals surface area (Å²) < 4.78 is 22.8. The molecule has 3 aromatic rings. The lowest BCUT2D eigenvalue weighted by Gasteiger charge is -2.19. The molecule has 0 spiro atoms. The minimum absolute atomic E-state index is 0.00116. The van der Waals surface area contributed by atoms with Crippen molar-refractivity contribution in [1.29, 1.82) is 0 Å². The van der Waals surface area contributed by atoms with Crippen LogP contribution in [0.3, 0.4) is 0 Å². The van der Waals surface area contributed by atoms with E-state index in [1.807, 2.05) is 6.07 Å². The van der Waals surface area contributed by atoms with Crippen LogP contribution in [0.15, 0.2) is 83.9 Å². The Balaban J connectivity index is 1.62. The first kappa shape index (κ1) is 24.6. The monoisotopic (exact) mass is 503 g/mol. The Labute approximate surface area is 207 Å². The number of hydrogen-bond donors (Lipinski definition) is 4. The van der Waals surface area contributed by atoms with Crippen LogP contribution in [0.2, 0.25) is 0 Å². The van der Waals surface area contributed by atoms with E-state index in [0.717, 1.165) is 22.8 Å². The maximum Gasteiger partial charge on any atom is 0.328 e. The maximum atomic E-state index is 12.6. The average molecular weight is 504 g/mol. The van der Waals surface area contributed by atoms with E-state index in [1.165, 1.54) is 24.4 Å². The Morgan fingerprint density at radius 2 is 1.67 bits per heavy atom. The van der Waals surface area contributed by atoms with Gasteiger partial charge in [-0.3, -0.25) is 14.9 Å². The predicted molar refractivity (Wildman–Crippen MR) is 134 cm³/mol. The molecule has 1 heterocycles. The van der Waals surface area contributed by atoms with Crippen LogP contribution in [0.25, 0.3) is 22.8 Å². The molecule has 1 aliphatic heterocycles. The van der Waals surface area contributed by atoms with E-state index in [0.29, 0.717) is 23.2 Å². The summed E-state index contributed by atoms with van der Waals surface area (Å²) in [7, 11) is -3.79. The highest BCUT2D eigenvalue weighted by Gasteiger charge is 2.27. The Morgan fingerprint density at radius 1 is 0.944 bits per heavy atom. The fourth-order valence-electron chi connectivity index (χ4n) is 3.71. The molecule has 1 aliphatic rings. The van der Waals surface area contributed by atoms with Crippen LogP contribution < -0.4 is 15.8 Å². The topological polar surface area (TPSA) is 156 Å². The second-order valence-electron chi connectivity index (χ2n) is 7.97. The summed E-state index contributed by atoms with van der Waals surface area (Å²) in [5.41, 5.74) is 4.02. The summed E-state index contributed by atoms with van der Waals surface area (Å²) in [6.07, 6.45) is 4.03. The van der Waals surface area contributed by atoms with E-state index in [1.54, 1.807) is 48.5 Å². The summed E-state index contributed by atoms with van der Waals surface area (Å²) in [4.78, 5) is 35.8. The summed E-state index contributed by atoms with van der Waals surface area (Å²) in [6, 6.07) is 18.3. The number of nitrogens with two attached hydrogens (primary N) is 1. The van der Waals surface area contributed by atoms with Gasteiger partial charge in [0.2, 0.25) is 10.0 Å². The van der Waals surface area contributed by atoms with Crippen LogP contribution in [0.4, 0.5) is 0 Å². The van der Waals surface area contributed by atoms with Gasteiger partial charge in [-0.2, -0.15) is 0 Å². The van der Waals surface area contributed by atoms with Gasteiger partial charge in [-0.15, -0.1) is 0 Å². The number of fused-ring (bicyclic) bond motifs is 1. The van der Waals surface area contributed by atoms with Crippen LogP contribution in [0.5, 0.6) is 0 Å². The molecular formula is C26H21N3O6S. The van der Waals surface area contributed by atoms with Crippen LogP contribution >= 0.6 is 0 Å². The molecule has 0 radical (unpaired) electrons. The van der Waals surface area contributed by atoms with Crippen molar-refractivity contribution in [2.75, 3.05) is 0 Å². The smallest absolute Gasteiger partial charge is 0.328 e. The number of carboxylic acid groups (broad SMARTS) is 1. The van der Waals surface area contributed by atoms with Gasteiger partial charge in [-0.25, -0.2) is 18.4 Å². The van der Waals surface area contributed by atoms with Crippen molar-refractivity contribution in [3.63, 3.8) is 0 Å². The first-order valence-electron chi connectivity index (χ1n) is 10.7. The molecule has 0 atom stereocenters. The molecule has 0 bridgehead atoms. The molecule has 36 heavy (non-hydrogen) atoms. The number of sulfonamides is 1. The van der Waals surface area contributed by atoms with Crippen LogP contribution in [0.1, 0.15) is 27.0 Å². The number of nitrogens with one attached hydrogen (secondary N) is 2. The molecule has 0 aliphatic carbocycles. The van der Waals surface area contributed by atoms with Crippen LogP contribution in [-0.2, 0) is 26.2 Å². The predicted octanol–water partition coefficient (Wildman–Crippen LogP) is 2.50. The molecule has 3 aromatic carbocycles. The number of primary sulfonamides is 1. The van der Waals surface area contributed by atoms with Crippen molar-refractivity contribution in [1.82, 2.24) is 10.6 Å². The fourth-order valence-corrected chi connectivity index (χ4v) is 4.22. The standard InChI is InChI=1S/C26H21N3O6S/c27-36(34,35)20-8-4-17(5-9-20)14-28-15-23-22-13-19(7-10-21(22)25(32)29-26(23)33)18-3-1-2-16(12-18)6-11-24(30)31/h1-13,15,28H,14H2,(H,30,31)(H2,27,34,35)(H,29,32,33)/b11-6+,23-15-. The highest BCUT2D eigenvalue weighted by Crippen LogP contribution is 2.30. The van der Waals surface area contributed by atoms with E-state index in [9.17, 15) is 22.8 Å². The molecule has 182 valence electrons. The lowest BCUT2D eigenvalue weighted by molar-refractivity contribution is -0.131. The third-order valence-electron chi connectivity index (χ3n) is 5.47. The maximum absolute atomic E-state index is 12.6. The van der Waals surface area contributed by atoms with E-state index < -0.39 is 27.8 Å². The summed E-state index contributed by atoms with van der Waals surface area (Å²) in [5.74, 6) is -2.11. The SMILES string of the molecule is NS(=O)(=O)c1ccc(CN/C=C2\C(=O)NC(=O)c3ccc(-c4cccc(/C=C/C(=O)O)c4)cc32)cc1. The number of carbonyl (C=O) groups excluding carboxylic acids is 2. The van der Waals surface area contributed by atoms with Crippen molar-refractivity contribution >= 4 is 39.5 Å². The van der Waals surface area contributed by atoms with Crippen molar-refractivity contribution in [3.8, 4) is 11.1 Å². The number of aliphatic carboxylic acids is 1. The molecular weight excluding hydrogens is 482 g/mol. The van der Waals surface area contributed by atoms with Gasteiger partial charge in [0.15, 0.2) is 0 Å². The van der Waals surface area contributed by atoms with Crippen molar-refractivity contribution in [2.45, 2.75) is 11.4 Å². The zero-order valence-electron chi connectivity index (χ0n) is 18.8. The molecule has 0 fully saturated rings. The molecule has 0 saturated carbocycles. The van der Waals surface area contributed by atoms with E-state index >= 15 is 0 Å². The second-order valence-corrected chi connectivity index (χ2v) is 9.53. The number of carboxylic acids is 1. The third kappa shape index (κ3) is 5.57. The molecule has 0 aromatic heterocycles. The average Bonchev–Trinajstić information content (AvgIpc) is 2.84. The Kier molecular flexibility index (Phi) is 6.82. The summed E-state index contributed by atoms with van der Waals surface area (Å²) >= 11 is 0. The van der Waals surface area contributed by atoms with Gasteiger partial charge < -0.3 is 10.4 Å². The number of carbonyl (C=O) groups is 3. The highest BCUT2D eigenvalue weighted by atomic mass is 32.2. The van der Waals surface area contributed by atoms with Crippen molar-refractivity contribution < 1.29 is 27.9 Å². The van der Waals surface area contributed by atoms with Crippen molar-refractivity contribution in [3.05, 3.63) is 101 Å². The second kappa shape index (κ2) is 9.98. The molecule has 9 nitrogen and oxygen atoms in total. The van der Waals surface area contributed by atoms with E-state index in [2.05, 4.69) is 10.6 Å². The number of imide groups is 1. The lowest BCUT2D eigenvalue weighted by Crippen LogP contribution is -2.37. The first-order valence-corrected chi connectivity index (χ1v) is 12.2. The van der Waals surface area contributed by atoms with Gasteiger partial charge in [0.25, 0.3) is 11.8 Å². The Bertz CT molecular complexity index is 1540. The molecule has 0 unspecified atom stereocenters. The quantitative estimate of drug-likeness (QED) is 0.285. The molecule has 4 rings (SSSR count). The summed E-state index contributed by atoms with van der Waals surface area (Å²) in [5, 5.41) is 19.3. The normalized spacial score (nSPS) is 14.5. The fraction of sp³-hybridized carbons (Fsp3) is 0.0385. The minimum atomic E-state index is -3.79. The number of amides is 2. The minimum Gasteiger partial charge on any atom is -0.478 e. The van der Waals surface area contributed by atoms with Crippen molar-refractivity contribution in [2.24, 2.45) is 5.14 Å². The van der Waals surface area contributed by atoms with Gasteiger partial charge in [-0.1, -0.05) is 36.4 Å². The van der Waals surface area contributed by atoms with Crippen LogP contribution in [0, 0.1) is 0 Å². The first-order chi connectivity index (χ1) is 17.1. The molecule has 0 saturated heterocycles. The molecule has 2 amide bonds. The third-order valence-corrected chi connectivity index (χ3v) is 6.40. The number of rotatable bonds is 7. The van der Waals surface area contributed by atoms with Gasteiger partial charge in [0.1, 0.15) is 0 Å². The van der Waals surface area contributed by atoms with E-state index in [4.69, 9.17) is 10.2 Å². The number of hydrogen-bond acceptors (Lipinski definition) is 6. The van der Waals surface area contributed by atoms with Gasteiger partial charge in [-0.05, 0) is 58.7 Å². The van der Waals surface area contributed by atoms with Crippen LogP contribution in [-0.4, -0.2) is 31.3 Å². The van der Waals surface area contributed by atoms with Gasteiger partial charge in [0, 0.05) is 29.9 Å². The zero-order chi connectivity index (χ0) is 25.9. The Morgan fingerprint density at radius 3 is 2.36 bits per heavy atom. The van der Waals surface area contributed by atoms with Gasteiger partial charge >= 0.3 is 5.97 Å². The van der Waals surface area contributed by atoms with Gasteiger partial charge in [0.05, 0.1) is 10.5 Å². The lowest BCUT2D eigenvalue weighted by atomic mass is 9.91. The Hall–Kier alpha value is -4.54.